The van der Waals surface area contributed by atoms with Gasteiger partial charge in [0.1, 0.15) is 5.69 Å². The lowest BCUT2D eigenvalue weighted by atomic mass is 10.2. The van der Waals surface area contributed by atoms with E-state index < -0.39 is 11.8 Å². The molecule has 2 amide bonds. The summed E-state index contributed by atoms with van der Waals surface area (Å²) >= 11 is 0. The topological polar surface area (TPSA) is 110 Å². The third-order valence-corrected chi connectivity index (χ3v) is 3.41. The molecule has 0 saturated carbocycles. The summed E-state index contributed by atoms with van der Waals surface area (Å²) in [6.07, 6.45) is 1.39. The van der Waals surface area contributed by atoms with E-state index in [2.05, 4.69) is 15.8 Å². The maximum Gasteiger partial charge on any atom is 0.286 e. The number of H-pyrrole nitrogens is 1. The number of hydrogen-bond acceptors (Lipinski definition) is 5. The maximum atomic E-state index is 12.2. The fourth-order valence-electron chi connectivity index (χ4n) is 2.14. The fraction of sp³-hybridized carbons (Fsp3) is 0.278. The van der Waals surface area contributed by atoms with E-state index in [0.717, 1.165) is 0 Å². The second kappa shape index (κ2) is 8.19. The van der Waals surface area contributed by atoms with Crippen molar-refractivity contribution in [1.82, 2.24) is 15.8 Å². The van der Waals surface area contributed by atoms with E-state index in [0.29, 0.717) is 17.1 Å². The van der Waals surface area contributed by atoms with E-state index in [-0.39, 0.29) is 23.1 Å². The summed E-state index contributed by atoms with van der Waals surface area (Å²) < 4.78 is 10.8. The molecule has 0 aliphatic heterocycles. The zero-order chi connectivity index (χ0) is 19.3. The van der Waals surface area contributed by atoms with Crippen LogP contribution in [0, 0.1) is 0 Å². The van der Waals surface area contributed by atoms with Crippen LogP contribution in [0.1, 0.15) is 52.0 Å². The minimum Gasteiger partial charge on any atom is -0.493 e. The number of rotatable bonds is 6. The van der Waals surface area contributed by atoms with E-state index >= 15 is 0 Å². The second-order valence-electron chi connectivity index (χ2n) is 5.80. The highest BCUT2D eigenvalue weighted by molar-refractivity contribution is 6.01. The molecule has 0 radical (unpaired) electrons. The largest absolute Gasteiger partial charge is 0.493 e. The second-order valence-corrected chi connectivity index (χ2v) is 5.80. The van der Waals surface area contributed by atoms with Crippen molar-refractivity contribution in [2.75, 3.05) is 7.11 Å². The van der Waals surface area contributed by atoms with Crippen molar-refractivity contribution < 1.29 is 23.9 Å². The van der Waals surface area contributed by atoms with Gasteiger partial charge in [-0.2, -0.15) is 0 Å². The van der Waals surface area contributed by atoms with Crippen LogP contribution in [-0.2, 0) is 0 Å². The molecule has 8 heteroatoms. The Bertz CT molecular complexity index is 826. The number of ether oxygens (including phenoxy) is 2. The lowest BCUT2D eigenvalue weighted by molar-refractivity contribution is 0.0844. The Kier molecular flexibility index (Phi) is 6.00. The number of hydrogen-bond donors (Lipinski definition) is 3. The first-order valence-corrected chi connectivity index (χ1v) is 7.96. The minimum absolute atomic E-state index is 0.0384. The number of carbonyl (C=O) groups is 3. The molecule has 2 aromatic rings. The van der Waals surface area contributed by atoms with Crippen LogP contribution in [0.4, 0.5) is 0 Å². The number of aromatic nitrogens is 1. The van der Waals surface area contributed by atoms with Gasteiger partial charge in [-0.25, -0.2) is 0 Å². The first kappa shape index (κ1) is 19.0. The summed E-state index contributed by atoms with van der Waals surface area (Å²) in [5.74, 6) is -0.330. The van der Waals surface area contributed by atoms with Gasteiger partial charge in [0.2, 0.25) is 0 Å². The smallest absolute Gasteiger partial charge is 0.286 e. The van der Waals surface area contributed by atoms with E-state index in [4.69, 9.17) is 9.47 Å². The van der Waals surface area contributed by atoms with Gasteiger partial charge in [-0.3, -0.25) is 25.2 Å². The molecule has 0 aliphatic carbocycles. The van der Waals surface area contributed by atoms with Crippen molar-refractivity contribution in [3.8, 4) is 11.5 Å². The molecule has 0 atom stereocenters. The van der Waals surface area contributed by atoms with Crippen molar-refractivity contribution in [1.29, 1.82) is 0 Å². The van der Waals surface area contributed by atoms with E-state index in [1.165, 1.54) is 32.4 Å². The predicted molar refractivity (Wildman–Crippen MR) is 94.5 cm³/mol. The highest BCUT2D eigenvalue weighted by atomic mass is 16.5. The summed E-state index contributed by atoms with van der Waals surface area (Å²) in [5.41, 5.74) is 5.42. The summed E-state index contributed by atoms with van der Waals surface area (Å²) in [7, 11) is 1.48. The van der Waals surface area contributed by atoms with Gasteiger partial charge < -0.3 is 14.5 Å². The Hall–Kier alpha value is -3.29. The summed E-state index contributed by atoms with van der Waals surface area (Å²) in [4.78, 5) is 38.1. The van der Waals surface area contributed by atoms with Gasteiger partial charge in [-0.15, -0.1) is 0 Å². The monoisotopic (exact) mass is 359 g/mol. The van der Waals surface area contributed by atoms with Gasteiger partial charge in [-0.05, 0) is 45.0 Å². The summed E-state index contributed by atoms with van der Waals surface area (Å²) in [5, 5.41) is 0. The van der Waals surface area contributed by atoms with Crippen molar-refractivity contribution in [2.24, 2.45) is 0 Å². The Morgan fingerprint density at radius 2 is 1.69 bits per heavy atom. The molecule has 138 valence electrons. The molecule has 2 rings (SSSR count). The zero-order valence-electron chi connectivity index (χ0n) is 15.0. The number of carbonyl (C=O) groups excluding carboxylic acids is 3. The van der Waals surface area contributed by atoms with Crippen molar-refractivity contribution in [2.45, 2.75) is 26.9 Å². The van der Waals surface area contributed by atoms with Crippen LogP contribution in [0.3, 0.4) is 0 Å². The van der Waals surface area contributed by atoms with Gasteiger partial charge in [-0.1, -0.05) is 0 Å². The van der Waals surface area contributed by atoms with Crippen molar-refractivity contribution in [3.05, 3.63) is 47.3 Å². The molecule has 8 nitrogen and oxygen atoms in total. The number of aromatic amines is 1. The third-order valence-electron chi connectivity index (χ3n) is 3.41. The molecule has 0 spiro atoms. The third kappa shape index (κ3) is 4.62. The minimum atomic E-state index is -0.572. The van der Waals surface area contributed by atoms with E-state index in [1.54, 1.807) is 12.1 Å². The van der Waals surface area contributed by atoms with Gasteiger partial charge in [0, 0.05) is 17.3 Å². The SMILES string of the molecule is COc1cc(C(=O)NNC(=O)c2cc(C(C)=O)c[nH]2)ccc1OC(C)C. The van der Waals surface area contributed by atoms with E-state index in [1.807, 2.05) is 13.8 Å². The van der Waals surface area contributed by atoms with Crippen molar-refractivity contribution >= 4 is 17.6 Å². The molecule has 3 N–H and O–H groups in total. The zero-order valence-corrected chi connectivity index (χ0v) is 15.0. The molecule has 1 aromatic heterocycles. The van der Waals surface area contributed by atoms with Crippen LogP contribution in [0.15, 0.2) is 30.5 Å². The Morgan fingerprint density at radius 3 is 2.27 bits per heavy atom. The maximum absolute atomic E-state index is 12.2. The molecule has 0 saturated heterocycles. The Balaban J connectivity index is 2.02. The normalized spacial score (nSPS) is 10.3. The molecule has 0 fully saturated rings. The highest BCUT2D eigenvalue weighted by Crippen LogP contribution is 2.28. The van der Waals surface area contributed by atoms with Gasteiger partial charge in [0.15, 0.2) is 17.3 Å². The van der Waals surface area contributed by atoms with Crippen LogP contribution in [0.25, 0.3) is 0 Å². The summed E-state index contributed by atoms with van der Waals surface area (Å²) in [6, 6.07) is 6.11. The summed E-state index contributed by atoms with van der Waals surface area (Å²) in [6.45, 7) is 5.16. The standard InChI is InChI=1S/C18H21N3O5/c1-10(2)26-15-6-5-12(8-16(15)25-4)17(23)20-21-18(24)14-7-13(9-19-14)11(3)22/h5-10,19H,1-4H3,(H,20,23)(H,21,24). The molecule has 0 aliphatic rings. The average Bonchev–Trinajstić information content (AvgIpc) is 3.09. The number of hydrazine groups is 1. The molecular weight excluding hydrogens is 338 g/mol. The number of methoxy groups -OCH3 is 1. The first-order valence-electron chi connectivity index (χ1n) is 7.96. The number of ketones is 1. The van der Waals surface area contributed by atoms with Crippen LogP contribution >= 0.6 is 0 Å². The fourth-order valence-corrected chi connectivity index (χ4v) is 2.14. The molecule has 26 heavy (non-hydrogen) atoms. The van der Waals surface area contributed by atoms with Crippen LogP contribution < -0.4 is 20.3 Å². The first-order chi connectivity index (χ1) is 12.3. The highest BCUT2D eigenvalue weighted by Gasteiger charge is 2.14. The van der Waals surface area contributed by atoms with Gasteiger partial charge in [0.25, 0.3) is 11.8 Å². The number of Topliss-reactive ketones (excluding diaryl/α,β-unsaturated/α-hetero) is 1. The quantitative estimate of drug-likeness (QED) is 0.540. The van der Waals surface area contributed by atoms with Crippen LogP contribution in [0.2, 0.25) is 0 Å². The number of amides is 2. The molecular formula is C18H21N3O5. The Morgan fingerprint density at radius 1 is 1.00 bits per heavy atom. The van der Waals surface area contributed by atoms with Crippen LogP contribution in [-0.4, -0.2) is 35.8 Å². The van der Waals surface area contributed by atoms with Crippen LogP contribution in [0.5, 0.6) is 11.5 Å². The average molecular weight is 359 g/mol. The van der Waals surface area contributed by atoms with E-state index in [9.17, 15) is 14.4 Å². The lowest BCUT2D eigenvalue weighted by Gasteiger charge is -2.14. The molecule has 0 unspecified atom stereocenters. The number of benzene rings is 1. The molecule has 1 heterocycles. The molecule has 1 aromatic carbocycles. The Labute approximate surface area is 150 Å². The predicted octanol–water partition coefficient (Wildman–Crippen LogP) is 2.09. The van der Waals surface area contributed by atoms with Gasteiger partial charge in [0.05, 0.1) is 13.2 Å². The lowest BCUT2D eigenvalue weighted by Crippen LogP contribution is -2.41. The molecule has 0 bridgehead atoms. The number of nitrogens with one attached hydrogen (secondary N) is 3. The van der Waals surface area contributed by atoms with Crippen molar-refractivity contribution in [3.63, 3.8) is 0 Å². The van der Waals surface area contributed by atoms with Gasteiger partial charge >= 0.3 is 0 Å².